The molecule has 2 aliphatic rings. The van der Waals surface area contributed by atoms with Crippen LogP contribution in [0.2, 0.25) is 0 Å². The van der Waals surface area contributed by atoms with Gasteiger partial charge in [-0.2, -0.15) is 0 Å². The van der Waals surface area contributed by atoms with E-state index in [1.54, 1.807) is 0 Å². The van der Waals surface area contributed by atoms with Gasteiger partial charge in [-0.05, 0) is 38.3 Å². The minimum atomic E-state index is 0.431. The van der Waals surface area contributed by atoms with Gasteiger partial charge in [-0.15, -0.1) is 0 Å². The van der Waals surface area contributed by atoms with E-state index >= 15 is 0 Å². The maximum absolute atomic E-state index is 2.68. The minimum Gasteiger partial charge on any atom is -0.300 e. The first-order valence-electron chi connectivity index (χ1n) is 8.16. The molecular weight excluding hydrogens is 234 g/mol. The predicted octanol–water partition coefficient (Wildman–Crippen LogP) is 2.48. The Morgan fingerprint density at radius 1 is 0.789 bits per heavy atom. The zero-order valence-electron chi connectivity index (χ0n) is 13.5. The van der Waals surface area contributed by atoms with Gasteiger partial charge in [-0.3, -0.25) is 9.80 Å². The lowest BCUT2D eigenvalue weighted by Gasteiger charge is -2.44. The fourth-order valence-corrected chi connectivity index (χ4v) is 3.49. The van der Waals surface area contributed by atoms with Crippen molar-refractivity contribution in [3.63, 3.8) is 0 Å². The highest BCUT2D eigenvalue weighted by molar-refractivity contribution is 4.80. The Kier molecular flexibility index (Phi) is 5.27. The van der Waals surface area contributed by atoms with Crippen LogP contribution in [0.25, 0.3) is 0 Å². The molecule has 112 valence electrons. The van der Waals surface area contributed by atoms with Gasteiger partial charge in [0.1, 0.15) is 0 Å². The average Bonchev–Trinajstić information content (AvgIpc) is 2.38. The van der Waals surface area contributed by atoms with Gasteiger partial charge in [0.15, 0.2) is 0 Å². The molecule has 0 spiro atoms. The van der Waals surface area contributed by atoms with Crippen molar-refractivity contribution in [3.8, 4) is 0 Å². The maximum atomic E-state index is 2.68. The standard InChI is InChI=1S/C16H33N3/c1-15(18-8-6-5-7-9-18)19-12-10-17(11-13-19)14-16(2,3)4/h15H,5-14H2,1-4H3. The smallest absolute Gasteiger partial charge is 0.0594 e. The quantitative estimate of drug-likeness (QED) is 0.778. The number of hydrogen-bond donors (Lipinski definition) is 0. The summed E-state index contributed by atoms with van der Waals surface area (Å²) in [4.78, 5) is 8.01. The van der Waals surface area contributed by atoms with Crippen molar-refractivity contribution in [2.45, 2.75) is 53.1 Å². The van der Waals surface area contributed by atoms with Crippen molar-refractivity contribution in [1.29, 1.82) is 0 Å². The molecule has 0 aliphatic carbocycles. The average molecular weight is 267 g/mol. The second-order valence-corrected chi connectivity index (χ2v) is 7.60. The van der Waals surface area contributed by atoms with Crippen molar-refractivity contribution in [1.82, 2.24) is 14.7 Å². The van der Waals surface area contributed by atoms with Gasteiger partial charge in [0.25, 0.3) is 0 Å². The van der Waals surface area contributed by atoms with Crippen LogP contribution in [0.4, 0.5) is 0 Å². The highest BCUT2D eigenvalue weighted by Gasteiger charge is 2.27. The van der Waals surface area contributed by atoms with Crippen molar-refractivity contribution >= 4 is 0 Å². The summed E-state index contributed by atoms with van der Waals surface area (Å²) in [6, 6.07) is 0. The Morgan fingerprint density at radius 2 is 1.32 bits per heavy atom. The Balaban J connectivity index is 1.76. The molecule has 1 atom stereocenters. The normalized spacial score (nSPS) is 26.5. The number of nitrogens with zero attached hydrogens (tertiary/aromatic N) is 3. The Morgan fingerprint density at radius 3 is 1.84 bits per heavy atom. The van der Waals surface area contributed by atoms with E-state index in [-0.39, 0.29) is 0 Å². The van der Waals surface area contributed by atoms with Crippen molar-refractivity contribution < 1.29 is 0 Å². The van der Waals surface area contributed by atoms with E-state index in [1.165, 1.54) is 65.1 Å². The van der Waals surface area contributed by atoms with Crippen LogP contribution in [-0.2, 0) is 0 Å². The highest BCUT2D eigenvalue weighted by Crippen LogP contribution is 2.19. The van der Waals surface area contributed by atoms with Gasteiger partial charge in [0.2, 0.25) is 0 Å². The highest BCUT2D eigenvalue weighted by atomic mass is 15.4. The van der Waals surface area contributed by atoms with Crippen molar-refractivity contribution in [2.24, 2.45) is 5.41 Å². The van der Waals surface area contributed by atoms with E-state index in [9.17, 15) is 0 Å². The molecule has 1 unspecified atom stereocenters. The summed E-state index contributed by atoms with van der Waals surface area (Å²) in [6.45, 7) is 18.3. The molecule has 2 rings (SSSR count). The summed E-state index contributed by atoms with van der Waals surface area (Å²) >= 11 is 0. The second-order valence-electron chi connectivity index (χ2n) is 7.60. The van der Waals surface area contributed by atoms with Gasteiger partial charge in [0, 0.05) is 32.7 Å². The lowest BCUT2D eigenvalue weighted by molar-refractivity contribution is 0.00258. The lowest BCUT2D eigenvalue weighted by atomic mass is 9.96. The van der Waals surface area contributed by atoms with E-state index in [0.29, 0.717) is 11.6 Å². The number of piperidine rings is 1. The number of rotatable bonds is 3. The van der Waals surface area contributed by atoms with Crippen LogP contribution in [0.5, 0.6) is 0 Å². The summed E-state index contributed by atoms with van der Waals surface area (Å²) in [5.74, 6) is 0. The van der Waals surface area contributed by atoms with E-state index in [0.717, 1.165) is 0 Å². The lowest BCUT2D eigenvalue weighted by Crippen LogP contribution is -2.56. The molecule has 3 heteroatoms. The van der Waals surface area contributed by atoms with E-state index in [1.807, 2.05) is 0 Å². The molecule has 2 saturated heterocycles. The van der Waals surface area contributed by atoms with Gasteiger partial charge in [-0.1, -0.05) is 27.2 Å². The fourth-order valence-electron chi connectivity index (χ4n) is 3.49. The molecule has 0 aromatic heterocycles. The first-order chi connectivity index (χ1) is 8.96. The van der Waals surface area contributed by atoms with Crippen LogP contribution in [0.15, 0.2) is 0 Å². The summed E-state index contributed by atoms with van der Waals surface area (Å²) in [5, 5.41) is 0. The summed E-state index contributed by atoms with van der Waals surface area (Å²) in [7, 11) is 0. The number of hydrogen-bond acceptors (Lipinski definition) is 3. The molecule has 2 fully saturated rings. The SMILES string of the molecule is CC(N1CCCCC1)N1CCN(CC(C)(C)C)CC1. The van der Waals surface area contributed by atoms with Crippen LogP contribution in [0, 0.1) is 5.41 Å². The Hall–Kier alpha value is -0.120. The van der Waals surface area contributed by atoms with E-state index < -0.39 is 0 Å². The molecule has 2 aliphatic heterocycles. The van der Waals surface area contributed by atoms with Crippen molar-refractivity contribution in [2.75, 3.05) is 45.8 Å². The predicted molar refractivity (Wildman–Crippen MR) is 82.4 cm³/mol. The zero-order chi connectivity index (χ0) is 13.9. The molecule has 0 bridgehead atoms. The molecule has 0 N–H and O–H groups in total. The van der Waals surface area contributed by atoms with Crippen LogP contribution in [0.3, 0.4) is 0 Å². The summed E-state index contributed by atoms with van der Waals surface area (Å²) < 4.78 is 0. The Labute approximate surface area is 119 Å². The largest absolute Gasteiger partial charge is 0.300 e. The third-order valence-corrected chi connectivity index (χ3v) is 4.55. The third-order valence-electron chi connectivity index (χ3n) is 4.55. The van der Waals surface area contributed by atoms with Gasteiger partial charge in [0.05, 0.1) is 6.17 Å². The number of likely N-dealkylation sites (tertiary alicyclic amines) is 1. The molecule has 19 heavy (non-hydrogen) atoms. The van der Waals surface area contributed by atoms with Gasteiger partial charge >= 0.3 is 0 Å². The topological polar surface area (TPSA) is 9.72 Å². The fraction of sp³-hybridized carbons (Fsp3) is 1.00. The van der Waals surface area contributed by atoms with E-state index in [2.05, 4.69) is 42.4 Å². The zero-order valence-corrected chi connectivity index (χ0v) is 13.5. The minimum absolute atomic E-state index is 0.431. The monoisotopic (exact) mass is 267 g/mol. The Bertz CT molecular complexity index is 258. The van der Waals surface area contributed by atoms with Crippen LogP contribution >= 0.6 is 0 Å². The number of piperazine rings is 1. The molecular formula is C16H33N3. The van der Waals surface area contributed by atoms with Crippen LogP contribution < -0.4 is 0 Å². The molecule has 0 aromatic carbocycles. The summed E-state index contributed by atoms with van der Waals surface area (Å²) in [5.41, 5.74) is 0.431. The van der Waals surface area contributed by atoms with Crippen molar-refractivity contribution in [3.05, 3.63) is 0 Å². The second kappa shape index (κ2) is 6.55. The summed E-state index contributed by atoms with van der Waals surface area (Å²) in [6.07, 6.45) is 4.88. The third kappa shape index (κ3) is 4.73. The first kappa shape index (κ1) is 15.3. The molecule has 2 heterocycles. The molecule has 0 radical (unpaired) electrons. The molecule has 3 nitrogen and oxygen atoms in total. The maximum Gasteiger partial charge on any atom is 0.0594 e. The van der Waals surface area contributed by atoms with E-state index in [4.69, 9.17) is 0 Å². The first-order valence-corrected chi connectivity index (χ1v) is 8.16. The van der Waals surface area contributed by atoms with Crippen LogP contribution in [0.1, 0.15) is 47.0 Å². The molecule has 0 amide bonds. The van der Waals surface area contributed by atoms with Gasteiger partial charge in [-0.25, -0.2) is 0 Å². The van der Waals surface area contributed by atoms with Gasteiger partial charge < -0.3 is 4.90 Å². The van der Waals surface area contributed by atoms with Crippen LogP contribution in [-0.4, -0.2) is 66.7 Å². The molecule has 0 aromatic rings. The molecule has 0 saturated carbocycles.